The molecule has 5 rings (SSSR count). The molecule has 0 N–H and O–H groups in total. The number of Topliss-reactive ketones (excluding diaryl/α,β-unsaturated/α-hetero) is 1. The van der Waals surface area contributed by atoms with Crippen molar-refractivity contribution in [3.8, 4) is 5.75 Å². The minimum Gasteiger partial charge on any atom is -0.489 e. The first-order valence-corrected chi connectivity index (χ1v) is 12.0. The minimum atomic E-state index is -0.232. The molecule has 2 aliphatic rings. The molecule has 3 aromatic carbocycles. The van der Waals surface area contributed by atoms with Crippen LogP contribution in [0.5, 0.6) is 5.75 Å². The van der Waals surface area contributed by atoms with Crippen LogP contribution in [-0.2, 0) is 16.2 Å². The molecule has 0 spiro atoms. The fraction of sp³-hybridized carbons (Fsp3) is 0.241. The Labute approximate surface area is 204 Å². The summed E-state index contributed by atoms with van der Waals surface area (Å²) in [5.74, 6) is 0.670. The highest BCUT2D eigenvalue weighted by molar-refractivity contribution is 6.30. The summed E-state index contributed by atoms with van der Waals surface area (Å²) in [5, 5.41) is 0.616. The molecule has 0 radical (unpaired) electrons. The number of ketones is 1. The van der Waals surface area contributed by atoms with Gasteiger partial charge in [-0.15, -0.1) is 0 Å². The van der Waals surface area contributed by atoms with Crippen LogP contribution in [0.25, 0.3) is 0 Å². The number of nitrogens with zero attached hydrogens (tertiary/aromatic N) is 1. The van der Waals surface area contributed by atoms with E-state index in [2.05, 4.69) is 19.1 Å². The summed E-state index contributed by atoms with van der Waals surface area (Å²) in [6, 6.07) is 23.2. The average Bonchev–Trinajstić information content (AvgIpc) is 2.84. The number of carbonyl (C=O) groups is 2. The van der Waals surface area contributed by atoms with Crippen molar-refractivity contribution in [1.29, 1.82) is 0 Å². The van der Waals surface area contributed by atoms with E-state index in [1.165, 1.54) is 5.56 Å². The lowest BCUT2D eigenvalue weighted by Crippen LogP contribution is -2.40. The number of allylic oxidation sites excluding steroid dienone is 2. The van der Waals surface area contributed by atoms with Gasteiger partial charge in [0.15, 0.2) is 5.78 Å². The highest BCUT2D eigenvalue weighted by Crippen LogP contribution is 2.43. The van der Waals surface area contributed by atoms with Gasteiger partial charge in [-0.25, -0.2) is 0 Å². The van der Waals surface area contributed by atoms with Gasteiger partial charge in [0.1, 0.15) is 12.4 Å². The molecule has 172 valence electrons. The van der Waals surface area contributed by atoms with Gasteiger partial charge < -0.3 is 4.74 Å². The number of hydrogen-bond donors (Lipinski definition) is 0. The highest BCUT2D eigenvalue weighted by atomic mass is 35.5. The minimum absolute atomic E-state index is 0.000604. The second-order valence-electron chi connectivity index (χ2n) is 8.88. The summed E-state index contributed by atoms with van der Waals surface area (Å²) in [4.78, 5) is 28.1. The molecule has 3 aromatic rings. The Morgan fingerprint density at radius 1 is 0.941 bits per heavy atom. The predicted molar refractivity (Wildman–Crippen MR) is 134 cm³/mol. The quantitative estimate of drug-likeness (QED) is 0.413. The van der Waals surface area contributed by atoms with Crippen LogP contribution in [0.15, 0.2) is 84.1 Å². The van der Waals surface area contributed by atoms with Gasteiger partial charge in [-0.1, -0.05) is 48.0 Å². The number of rotatable bonds is 5. The molecule has 1 amide bonds. The largest absolute Gasteiger partial charge is 0.489 e. The molecule has 1 aliphatic heterocycles. The van der Waals surface area contributed by atoms with Crippen molar-refractivity contribution < 1.29 is 14.3 Å². The van der Waals surface area contributed by atoms with E-state index in [1.807, 2.05) is 48.5 Å². The van der Waals surface area contributed by atoms with E-state index < -0.39 is 0 Å². The number of amides is 1. The summed E-state index contributed by atoms with van der Waals surface area (Å²) >= 11 is 6.05. The standard InChI is InChI=1S/C29H26ClNO3/c1-19-5-2-3-6-21(19)18-34-24-15-9-20(10-16-24)25-17-28(33)31(23-13-11-22(30)12-14-23)26-7-4-8-27(32)29(25)26/h2-3,5-6,9-16,25H,4,7-8,17-18H2,1H3. The van der Waals surface area contributed by atoms with E-state index in [0.29, 0.717) is 24.5 Å². The van der Waals surface area contributed by atoms with Gasteiger partial charge in [0.2, 0.25) is 5.91 Å². The second-order valence-corrected chi connectivity index (χ2v) is 9.32. The van der Waals surface area contributed by atoms with Gasteiger partial charge in [0, 0.05) is 40.7 Å². The fourth-order valence-electron chi connectivity index (χ4n) is 4.90. The Morgan fingerprint density at radius 3 is 2.41 bits per heavy atom. The maximum absolute atomic E-state index is 13.3. The molecule has 1 aliphatic carbocycles. The Balaban J connectivity index is 1.42. The normalized spacial score (nSPS) is 18.2. The van der Waals surface area contributed by atoms with Crippen LogP contribution in [0.1, 0.15) is 48.3 Å². The van der Waals surface area contributed by atoms with E-state index in [0.717, 1.165) is 40.3 Å². The smallest absolute Gasteiger partial charge is 0.232 e. The van der Waals surface area contributed by atoms with Crippen LogP contribution in [0.4, 0.5) is 5.69 Å². The van der Waals surface area contributed by atoms with Crippen LogP contribution >= 0.6 is 11.6 Å². The molecule has 0 bridgehead atoms. The molecule has 0 fully saturated rings. The van der Waals surface area contributed by atoms with Crippen LogP contribution < -0.4 is 9.64 Å². The van der Waals surface area contributed by atoms with Crippen molar-refractivity contribution in [3.05, 3.63) is 106 Å². The van der Waals surface area contributed by atoms with Gasteiger partial charge >= 0.3 is 0 Å². The van der Waals surface area contributed by atoms with Crippen molar-refractivity contribution in [2.45, 2.75) is 45.1 Å². The molecule has 1 unspecified atom stereocenters. The van der Waals surface area contributed by atoms with Gasteiger partial charge in [0.25, 0.3) is 0 Å². The van der Waals surface area contributed by atoms with Crippen LogP contribution in [0, 0.1) is 6.92 Å². The molecule has 1 atom stereocenters. The lowest BCUT2D eigenvalue weighted by Gasteiger charge is -2.38. The van der Waals surface area contributed by atoms with Gasteiger partial charge in [-0.2, -0.15) is 0 Å². The number of aryl methyl sites for hydroxylation is 1. The van der Waals surface area contributed by atoms with Gasteiger partial charge in [-0.05, 0) is 72.9 Å². The average molecular weight is 472 g/mol. The molecule has 1 heterocycles. The van der Waals surface area contributed by atoms with E-state index in [-0.39, 0.29) is 24.0 Å². The Morgan fingerprint density at radius 2 is 1.68 bits per heavy atom. The van der Waals surface area contributed by atoms with Crippen molar-refractivity contribution >= 4 is 29.0 Å². The lowest BCUT2D eigenvalue weighted by atomic mass is 9.77. The van der Waals surface area contributed by atoms with Gasteiger partial charge in [-0.3, -0.25) is 14.5 Å². The zero-order valence-corrected chi connectivity index (χ0v) is 19.8. The predicted octanol–water partition coefficient (Wildman–Crippen LogP) is 6.76. The lowest BCUT2D eigenvalue weighted by molar-refractivity contribution is -0.119. The maximum atomic E-state index is 13.3. The summed E-state index contributed by atoms with van der Waals surface area (Å²) in [6.45, 7) is 2.57. The Hall–Kier alpha value is -3.37. The number of ether oxygens (including phenoxy) is 1. The number of halogens is 1. The van der Waals surface area contributed by atoms with Crippen molar-refractivity contribution in [3.63, 3.8) is 0 Å². The molecule has 34 heavy (non-hydrogen) atoms. The zero-order valence-electron chi connectivity index (χ0n) is 19.1. The third-order valence-corrected chi connectivity index (χ3v) is 6.95. The van der Waals surface area contributed by atoms with E-state index >= 15 is 0 Å². The SMILES string of the molecule is Cc1ccccc1COc1ccc(C2CC(=O)N(c3ccc(Cl)cc3)C3=C2C(=O)CCC3)cc1. The summed E-state index contributed by atoms with van der Waals surface area (Å²) in [5.41, 5.74) is 5.67. The molecule has 5 heteroatoms. The number of benzene rings is 3. The second kappa shape index (κ2) is 9.47. The number of hydrogen-bond acceptors (Lipinski definition) is 3. The summed E-state index contributed by atoms with van der Waals surface area (Å²) in [7, 11) is 0. The molecule has 0 saturated heterocycles. The van der Waals surface area contributed by atoms with Gasteiger partial charge in [0.05, 0.1) is 0 Å². The fourth-order valence-corrected chi connectivity index (χ4v) is 5.02. The molecular weight excluding hydrogens is 446 g/mol. The summed E-state index contributed by atoms with van der Waals surface area (Å²) < 4.78 is 5.98. The van der Waals surface area contributed by atoms with Crippen LogP contribution in [-0.4, -0.2) is 11.7 Å². The van der Waals surface area contributed by atoms with Crippen LogP contribution in [0.2, 0.25) is 5.02 Å². The van der Waals surface area contributed by atoms with E-state index in [9.17, 15) is 9.59 Å². The van der Waals surface area contributed by atoms with Crippen LogP contribution in [0.3, 0.4) is 0 Å². The Kier molecular flexibility index (Phi) is 6.25. The molecule has 0 aromatic heterocycles. The summed E-state index contributed by atoms with van der Waals surface area (Å²) in [6.07, 6.45) is 2.25. The first-order valence-electron chi connectivity index (χ1n) is 11.6. The zero-order chi connectivity index (χ0) is 23.7. The highest BCUT2D eigenvalue weighted by Gasteiger charge is 2.39. The number of carbonyl (C=O) groups excluding carboxylic acids is 2. The number of anilines is 1. The van der Waals surface area contributed by atoms with E-state index in [4.69, 9.17) is 16.3 Å². The molecular formula is C29H26ClNO3. The van der Waals surface area contributed by atoms with Crippen molar-refractivity contribution in [2.24, 2.45) is 0 Å². The Bertz CT molecular complexity index is 1260. The van der Waals surface area contributed by atoms with Crippen molar-refractivity contribution in [2.75, 3.05) is 4.90 Å². The third kappa shape index (κ3) is 4.38. The van der Waals surface area contributed by atoms with Crippen molar-refractivity contribution in [1.82, 2.24) is 0 Å². The third-order valence-electron chi connectivity index (χ3n) is 6.70. The van der Waals surface area contributed by atoms with E-state index in [1.54, 1.807) is 17.0 Å². The topological polar surface area (TPSA) is 46.6 Å². The molecule has 0 saturated carbocycles. The first kappa shape index (κ1) is 22.4. The molecule has 4 nitrogen and oxygen atoms in total. The maximum Gasteiger partial charge on any atom is 0.232 e. The first-order chi connectivity index (χ1) is 16.5. The monoisotopic (exact) mass is 471 g/mol.